The topological polar surface area (TPSA) is 90.2 Å². The molecular formula is C21H17N3O4S. The van der Waals surface area contributed by atoms with Crippen molar-refractivity contribution in [3.05, 3.63) is 53.7 Å². The lowest BCUT2D eigenvalue weighted by atomic mass is 10.1. The third-order valence-electron chi connectivity index (χ3n) is 4.81. The molecule has 3 heterocycles. The monoisotopic (exact) mass is 407 g/mol. The number of nitrogens with zero attached hydrogens (tertiary/aromatic N) is 2. The van der Waals surface area contributed by atoms with E-state index in [1.807, 2.05) is 44.2 Å². The molecule has 1 aliphatic rings. The number of para-hydroxylation sites is 1. The van der Waals surface area contributed by atoms with Crippen LogP contribution in [0.3, 0.4) is 0 Å². The molecular weight excluding hydrogens is 390 g/mol. The summed E-state index contributed by atoms with van der Waals surface area (Å²) in [6, 6.07) is 13.2. The number of nitrogens with one attached hydrogen (secondary N) is 1. The molecule has 29 heavy (non-hydrogen) atoms. The number of fused-ring (bicyclic) bond motifs is 2. The number of hydrogen-bond acceptors (Lipinski definition) is 7. The standard InChI is InChI=1S/C21H17N3O4S/c1-11-18(14-5-3-4-6-15(14)22-11)19(25)12(2)29-21-24-23-20(28-21)13-7-8-16-17(9-13)27-10-26-16/h3-9,12,22H,10H2,1-2H3/t12-/m0/s1. The van der Waals surface area contributed by atoms with Crippen LogP contribution in [0.5, 0.6) is 11.5 Å². The largest absolute Gasteiger partial charge is 0.454 e. The second-order valence-corrected chi connectivity index (χ2v) is 8.03. The summed E-state index contributed by atoms with van der Waals surface area (Å²) in [6.45, 7) is 3.96. The smallest absolute Gasteiger partial charge is 0.277 e. The Bertz CT molecular complexity index is 1230. The summed E-state index contributed by atoms with van der Waals surface area (Å²) >= 11 is 1.25. The number of ether oxygens (including phenoxy) is 2. The molecule has 0 saturated heterocycles. The molecule has 0 unspecified atom stereocenters. The number of ketones is 1. The Kier molecular flexibility index (Phi) is 4.28. The van der Waals surface area contributed by atoms with Crippen LogP contribution >= 0.6 is 11.8 Å². The zero-order valence-corrected chi connectivity index (χ0v) is 16.6. The Morgan fingerprint density at radius 3 is 2.86 bits per heavy atom. The van der Waals surface area contributed by atoms with Crippen LogP contribution in [0.2, 0.25) is 0 Å². The van der Waals surface area contributed by atoms with Crippen LogP contribution in [0.4, 0.5) is 0 Å². The first-order chi connectivity index (χ1) is 14.1. The molecule has 0 amide bonds. The van der Waals surface area contributed by atoms with Crippen molar-refractivity contribution in [1.82, 2.24) is 15.2 Å². The van der Waals surface area contributed by atoms with Gasteiger partial charge in [-0.25, -0.2) is 0 Å². The molecule has 8 heteroatoms. The molecule has 2 aromatic carbocycles. The molecule has 1 aliphatic heterocycles. The normalized spacial score (nSPS) is 13.7. The maximum atomic E-state index is 13.1. The number of hydrogen-bond donors (Lipinski definition) is 1. The summed E-state index contributed by atoms with van der Waals surface area (Å²) in [5.41, 5.74) is 3.25. The number of Topliss-reactive ketones (excluding diaryl/α,β-unsaturated/α-hetero) is 1. The van der Waals surface area contributed by atoms with Crippen molar-refractivity contribution in [1.29, 1.82) is 0 Å². The molecule has 5 rings (SSSR count). The highest BCUT2D eigenvalue weighted by molar-refractivity contribution is 8.00. The van der Waals surface area contributed by atoms with Gasteiger partial charge in [-0.3, -0.25) is 4.79 Å². The predicted molar refractivity (Wildman–Crippen MR) is 109 cm³/mol. The third-order valence-corrected chi connectivity index (χ3v) is 5.75. The maximum absolute atomic E-state index is 13.1. The lowest BCUT2D eigenvalue weighted by Gasteiger charge is -2.07. The summed E-state index contributed by atoms with van der Waals surface area (Å²) in [7, 11) is 0. The Labute approximate surface area is 170 Å². The number of carbonyl (C=O) groups excluding carboxylic acids is 1. The van der Waals surface area contributed by atoms with Gasteiger partial charge in [0.2, 0.25) is 12.7 Å². The molecule has 0 aliphatic carbocycles. The molecule has 0 saturated carbocycles. The number of aromatic nitrogens is 3. The van der Waals surface area contributed by atoms with Gasteiger partial charge < -0.3 is 18.9 Å². The van der Waals surface area contributed by atoms with E-state index in [0.717, 1.165) is 22.2 Å². The van der Waals surface area contributed by atoms with Gasteiger partial charge in [-0.2, -0.15) is 0 Å². The van der Waals surface area contributed by atoms with Crippen molar-refractivity contribution in [2.75, 3.05) is 6.79 Å². The highest BCUT2D eigenvalue weighted by Gasteiger charge is 2.24. The van der Waals surface area contributed by atoms with E-state index in [-0.39, 0.29) is 17.8 Å². The highest BCUT2D eigenvalue weighted by atomic mass is 32.2. The lowest BCUT2D eigenvalue weighted by Crippen LogP contribution is -2.14. The second kappa shape index (κ2) is 6.97. The van der Waals surface area contributed by atoms with Gasteiger partial charge in [-0.1, -0.05) is 30.0 Å². The SMILES string of the molecule is Cc1[nH]c2ccccc2c1C(=O)[C@H](C)Sc1nnc(-c2ccc3c(c2)OCO3)o1. The Morgan fingerprint density at radius 1 is 1.14 bits per heavy atom. The van der Waals surface area contributed by atoms with Crippen LogP contribution in [0, 0.1) is 6.92 Å². The van der Waals surface area contributed by atoms with Crippen LogP contribution in [-0.4, -0.2) is 33.0 Å². The fraction of sp³-hybridized carbons (Fsp3) is 0.190. The van der Waals surface area contributed by atoms with Gasteiger partial charge in [-0.05, 0) is 38.1 Å². The average molecular weight is 407 g/mol. The Balaban J connectivity index is 1.37. The number of thioether (sulfide) groups is 1. The van der Waals surface area contributed by atoms with E-state index in [2.05, 4.69) is 15.2 Å². The number of aromatic amines is 1. The van der Waals surface area contributed by atoms with Crippen LogP contribution in [0.15, 0.2) is 52.1 Å². The minimum atomic E-state index is -0.377. The minimum Gasteiger partial charge on any atom is -0.454 e. The molecule has 0 radical (unpaired) electrons. The van der Waals surface area contributed by atoms with E-state index in [1.165, 1.54) is 11.8 Å². The summed E-state index contributed by atoms with van der Waals surface area (Å²) in [6.07, 6.45) is 0. The molecule has 7 nitrogen and oxygen atoms in total. The van der Waals surface area contributed by atoms with Crippen molar-refractivity contribution < 1.29 is 18.7 Å². The number of carbonyl (C=O) groups is 1. The molecule has 146 valence electrons. The maximum Gasteiger partial charge on any atom is 0.277 e. The van der Waals surface area contributed by atoms with Gasteiger partial charge in [-0.15, -0.1) is 10.2 Å². The molecule has 1 atom stereocenters. The van der Waals surface area contributed by atoms with Crippen molar-refractivity contribution in [2.24, 2.45) is 0 Å². The van der Waals surface area contributed by atoms with E-state index in [1.54, 1.807) is 12.1 Å². The van der Waals surface area contributed by atoms with Crippen LogP contribution in [0.1, 0.15) is 23.0 Å². The Hall–Kier alpha value is -3.26. The first-order valence-corrected chi connectivity index (χ1v) is 10.00. The first-order valence-electron chi connectivity index (χ1n) is 9.12. The van der Waals surface area contributed by atoms with Gasteiger partial charge in [0.25, 0.3) is 5.22 Å². The molecule has 2 aromatic heterocycles. The second-order valence-electron chi connectivity index (χ2n) is 6.74. The van der Waals surface area contributed by atoms with Gasteiger partial charge in [0, 0.05) is 27.7 Å². The number of H-pyrrole nitrogens is 1. The minimum absolute atomic E-state index is 0.0211. The summed E-state index contributed by atoms with van der Waals surface area (Å²) in [4.78, 5) is 16.4. The zero-order chi connectivity index (χ0) is 20.0. The van der Waals surface area contributed by atoms with E-state index < -0.39 is 0 Å². The van der Waals surface area contributed by atoms with Gasteiger partial charge >= 0.3 is 0 Å². The van der Waals surface area contributed by atoms with Crippen LogP contribution < -0.4 is 9.47 Å². The average Bonchev–Trinajstić information content (AvgIpc) is 3.44. The lowest BCUT2D eigenvalue weighted by molar-refractivity contribution is 0.0994. The van der Waals surface area contributed by atoms with Crippen molar-refractivity contribution in [3.8, 4) is 23.0 Å². The summed E-state index contributed by atoms with van der Waals surface area (Å²) in [5.74, 6) is 1.73. The fourth-order valence-corrected chi connectivity index (χ4v) is 4.15. The van der Waals surface area contributed by atoms with Gasteiger partial charge in [0.15, 0.2) is 17.3 Å². The predicted octanol–water partition coefficient (Wildman–Crippen LogP) is 4.62. The van der Waals surface area contributed by atoms with Gasteiger partial charge in [0.05, 0.1) is 5.25 Å². The van der Waals surface area contributed by atoms with E-state index in [4.69, 9.17) is 13.9 Å². The Morgan fingerprint density at radius 2 is 1.97 bits per heavy atom. The quantitative estimate of drug-likeness (QED) is 0.381. The van der Waals surface area contributed by atoms with E-state index in [9.17, 15) is 4.79 Å². The summed E-state index contributed by atoms with van der Waals surface area (Å²) < 4.78 is 16.5. The van der Waals surface area contributed by atoms with Crippen molar-refractivity contribution in [3.63, 3.8) is 0 Å². The molecule has 0 bridgehead atoms. The van der Waals surface area contributed by atoms with Crippen LogP contribution in [-0.2, 0) is 0 Å². The number of rotatable bonds is 5. The number of aryl methyl sites for hydroxylation is 1. The van der Waals surface area contributed by atoms with E-state index >= 15 is 0 Å². The molecule has 0 spiro atoms. The molecule has 0 fully saturated rings. The van der Waals surface area contributed by atoms with Crippen LogP contribution in [0.25, 0.3) is 22.4 Å². The summed E-state index contributed by atoms with van der Waals surface area (Å²) in [5, 5.41) is 9.08. The van der Waals surface area contributed by atoms with Crippen molar-refractivity contribution in [2.45, 2.75) is 24.3 Å². The third kappa shape index (κ3) is 3.15. The highest BCUT2D eigenvalue weighted by Crippen LogP contribution is 2.36. The zero-order valence-electron chi connectivity index (χ0n) is 15.8. The molecule has 4 aromatic rings. The number of benzene rings is 2. The van der Waals surface area contributed by atoms with E-state index in [0.29, 0.717) is 28.2 Å². The molecule has 1 N–H and O–H groups in total. The fourth-order valence-electron chi connectivity index (χ4n) is 3.41. The van der Waals surface area contributed by atoms with Gasteiger partial charge in [0.1, 0.15) is 0 Å². The first kappa shape index (κ1) is 17.8. The van der Waals surface area contributed by atoms with Crippen molar-refractivity contribution >= 4 is 28.4 Å².